The lowest BCUT2D eigenvalue weighted by Crippen LogP contribution is -2.23. The van der Waals surface area contributed by atoms with Crippen LogP contribution >= 0.6 is 0 Å². The Morgan fingerprint density at radius 3 is 2.80 bits per heavy atom. The SMILES string of the molecule is Cc1noc(C)c1CNS(=O)(=O)c1cnn(CCO)c1. The van der Waals surface area contributed by atoms with Crippen LogP contribution in [0.25, 0.3) is 0 Å². The van der Waals surface area contributed by atoms with Gasteiger partial charge in [-0.1, -0.05) is 5.16 Å². The molecule has 0 aromatic carbocycles. The maximum Gasteiger partial charge on any atom is 0.243 e. The summed E-state index contributed by atoms with van der Waals surface area (Å²) in [5.74, 6) is 0.584. The number of aliphatic hydroxyl groups is 1. The van der Waals surface area contributed by atoms with E-state index in [-0.39, 0.29) is 24.6 Å². The molecule has 9 heteroatoms. The predicted octanol–water partition coefficient (Wildman–Crippen LogP) is -0.0413. The normalized spacial score (nSPS) is 11.9. The minimum absolute atomic E-state index is 0.0534. The van der Waals surface area contributed by atoms with Gasteiger partial charge in [0, 0.05) is 18.3 Å². The van der Waals surface area contributed by atoms with Crippen LogP contribution in [0.15, 0.2) is 21.8 Å². The van der Waals surface area contributed by atoms with Gasteiger partial charge in [-0.05, 0) is 13.8 Å². The molecular formula is C11H16N4O4S. The van der Waals surface area contributed by atoms with E-state index in [4.69, 9.17) is 9.63 Å². The molecule has 2 aromatic rings. The average molecular weight is 300 g/mol. The molecule has 0 saturated heterocycles. The molecule has 2 rings (SSSR count). The largest absolute Gasteiger partial charge is 0.394 e. The number of hydrogen-bond acceptors (Lipinski definition) is 6. The first kappa shape index (κ1) is 14.7. The van der Waals surface area contributed by atoms with Crippen molar-refractivity contribution >= 4 is 10.0 Å². The van der Waals surface area contributed by atoms with Crippen LogP contribution in [0.1, 0.15) is 17.0 Å². The zero-order valence-corrected chi connectivity index (χ0v) is 12.0. The van der Waals surface area contributed by atoms with E-state index in [0.29, 0.717) is 11.5 Å². The van der Waals surface area contributed by atoms with E-state index in [0.717, 1.165) is 5.56 Å². The number of nitrogens with one attached hydrogen (secondary N) is 1. The Labute approximate surface area is 116 Å². The highest BCUT2D eigenvalue weighted by Crippen LogP contribution is 2.14. The maximum atomic E-state index is 12.1. The van der Waals surface area contributed by atoms with Gasteiger partial charge in [-0.15, -0.1) is 0 Å². The van der Waals surface area contributed by atoms with Gasteiger partial charge >= 0.3 is 0 Å². The molecule has 2 N–H and O–H groups in total. The minimum Gasteiger partial charge on any atom is -0.394 e. The van der Waals surface area contributed by atoms with Gasteiger partial charge in [0.2, 0.25) is 10.0 Å². The summed E-state index contributed by atoms with van der Waals surface area (Å²) in [7, 11) is -3.65. The number of aromatic nitrogens is 3. The van der Waals surface area contributed by atoms with Crippen molar-refractivity contribution in [2.45, 2.75) is 31.8 Å². The van der Waals surface area contributed by atoms with Gasteiger partial charge in [0.15, 0.2) is 0 Å². The molecule has 0 aliphatic rings. The van der Waals surface area contributed by atoms with Gasteiger partial charge in [-0.25, -0.2) is 13.1 Å². The van der Waals surface area contributed by atoms with Gasteiger partial charge < -0.3 is 9.63 Å². The van der Waals surface area contributed by atoms with Crippen LogP contribution in [0.5, 0.6) is 0 Å². The van der Waals surface area contributed by atoms with E-state index in [2.05, 4.69) is 15.0 Å². The number of aliphatic hydroxyl groups excluding tert-OH is 1. The van der Waals surface area contributed by atoms with Crippen molar-refractivity contribution in [2.75, 3.05) is 6.61 Å². The number of nitrogens with zero attached hydrogens (tertiary/aromatic N) is 3. The molecule has 2 heterocycles. The van der Waals surface area contributed by atoms with Crippen LogP contribution in [-0.2, 0) is 23.1 Å². The molecule has 8 nitrogen and oxygen atoms in total. The van der Waals surface area contributed by atoms with E-state index in [1.165, 1.54) is 17.1 Å². The Bertz CT molecular complexity index is 670. The lowest BCUT2D eigenvalue weighted by Gasteiger charge is -2.04. The molecule has 0 spiro atoms. The lowest BCUT2D eigenvalue weighted by molar-refractivity contribution is 0.269. The van der Waals surface area contributed by atoms with Crippen LogP contribution in [0.2, 0.25) is 0 Å². The highest BCUT2D eigenvalue weighted by molar-refractivity contribution is 7.89. The molecule has 0 atom stereocenters. The third-order valence-electron chi connectivity index (χ3n) is 2.87. The molecule has 0 fully saturated rings. The van der Waals surface area contributed by atoms with Crippen molar-refractivity contribution in [3.8, 4) is 0 Å². The Kier molecular flexibility index (Phi) is 4.21. The second-order valence-corrected chi connectivity index (χ2v) is 6.06. The zero-order valence-electron chi connectivity index (χ0n) is 11.2. The van der Waals surface area contributed by atoms with Crippen molar-refractivity contribution in [1.29, 1.82) is 0 Å². The lowest BCUT2D eigenvalue weighted by atomic mass is 10.2. The van der Waals surface area contributed by atoms with Crippen LogP contribution in [0.4, 0.5) is 0 Å². The first-order chi connectivity index (χ1) is 9.44. The first-order valence-electron chi connectivity index (χ1n) is 5.99. The summed E-state index contributed by atoms with van der Waals surface area (Å²) in [6, 6.07) is 0. The van der Waals surface area contributed by atoms with Gasteiger partial charge in [0.25, 0.3) is 0 Å². The van der Waals surface area contributed by atoms with Gasteiger partial charge in [-0.2, -0.15) is 5.10 Å². The summed E-state index contributed by atoms with van der Waals surface area (Å²) >= 11 is 0. The molecule has 0 unspecified atom stereocenters. The quantitative estimate of drug-likeness (QED) is 0.774. The fraction of sp³-hybridized carbons (Fsp3) is 0.455. The average Bonchev–Trinajstić information content (AvgIpc) is 2.97. The van der Waals surface area contributed by atoms with Gasteiger partial charge in [0.05, 0.1) is 25.0 Å². The topological polar surface area (TPSA) is 110 Å². The summed E-state index contributed by atoms with van der Waals surface area (Å²) in [6.45, 7) is 3.73. The van der Waals surface area contributed by atoms with Crippen LogP contribution < -0.4 is 4.72 Å². The van der Waals surface area contributed by atoms with Crippen molar-refractivity contribution in [2.24, 2.45) is 0 Å². The Hall–Kier alpha value is -1.71. The molecule has 0 radical (unpaired) electrons. The molecule has 0 amide bonds. The molecule has 0 aliphatic carbocycles. The predicted molar refractivity (Wildman–Crippen MR) is 69.3 cm³/mol. The monoisotopic (exact) mass is 300 g/mol. The van der Waals surface area contributed by atoms with Crippen LogP contribution in [-0.4, -0.2) is 35.1 Å². The number of sulfonamides is 1. The smallest absolute Gasteiger partial charge is 0.243 e. The summed E-state index contributed by atoms with van der Waals surface area (Å²) in [5, 5.41) is 16.4. The zero-order chi connectivity index (χ0) is 14.8. The van der Waals surface area contributed by atoms with Gasteiger partial charge in [0.1, 0.15) is 10.7 Å². The minimum atomic E-state index is -3.65. The van der Waals surface area contributed by atoms with E-state index >= 15 is 0 Å². The van der Waals surface area contributed by atoms with Crippen molar-refractivity contribution in [3.05, 3.63) is 29.4 Å². The molecule has 0 bridgehead atoms. The van der Waals surface area contributed by atoms with Crippen LogP contribution in [0.3, 0.4) is 0 Å². The van der Waals surface area contributed by atoms with Crippen molar-refractivity contribution in [1.82, 2.24) is 19.7 Å². The fourth-order valence-electron chi connectivity index (χ4n) is 1.71. The van der Waals surface area contributed by atoms with E-state index in [9.17, 15) is 8.42 Å². The number of rotatable bonds is 6. The Morgan fingerprint density at radius 2 is 2.20 bits per heavy atom. The van der Waals surface area contributed by atoms with Crippen LogP contribution in [0, 0.1) is 13.8 Å². The molecule has 20 heavy (non-hydrogen) atoms. The highest BCUT2D eigenvalue weighted by atomic mass is 32.2. The van der Waals surface area contributed by atoms with E-state index in [1.54, 1.807) is 13.8 Å². The third kappa shape index (κ3) is 3.06. The van der Waals surface area contributed by atoms with E-state index in [1.807, 2.05) is 0 Å². The number of hydrogen-bond donors (Lipinski definition) is 2. The van der Waals surface area contributed by atoms with Crippen molar-refractivity contribution in [3.63, 3.8) is 0 Å². The first-order valence-corrected chi connectivity index (χ1v) is 7.47. The Balaban J connectivity index is 2.11. The summed E-state index contributed by atoms with van der Waals surface area (Å²) in [4.78, 5) is 0.0534. The Morgan fingerprint density at radius 1 is 1.45 bits per heavy atom. The molecular weight excluding hydrogens is 284 g/mol. The van der Waals surface area contributed by atoms with Gasteiger partial charge in [-0.3, -0.25) is 4.68 Å². The number of aryl methyl sites for hydroxylation is 2. The van der Waals surface area contributed by atoms with Crippen molar-refractivity contribution < 1.29 is 18.0 Å². The third-order valence-corrected chi connectivity index (χ3v) is 4.22. The maximum absolute atomic E-state index is 12.1. The highest BCUT2D eigenvalue weighted by Gasteiger charge is 2.18. The summed E-state index contributed by atoms with van der Waals surface area (Å²) in [5.41, 5.74) is 1.37. The molecule has 110 valence electrons. The standard InChI is InChI=1S/C11H16N4O4S/c1-8-11(9(2)19-14-8)6-13-20(17,18)10-5-12-15(7-10)3-4-16/h5,7,13,16H,3-4,6H2,1-2H3. The van der Waals surface area contributed by atoms with E-state index < -0.39 is 10.0 Å². The molecule has 0 aliphatic heterocycles. The summed E-state index contributed by atoms with van der Waals surface area (Å²) < 4.78 is 33.0. The molecule has 2 aromatic heterocycles. The fourth-order valence-corrected chi connectivity index (χ4v) is 2.66. The summed E-state index contributed by atoms with van der Waals surface area (Å²) in [6.07, 6.45) is 2.61. The molecule has 0 saturated carbocycles. The second-order valence-electron chi connectivity index (χ2n) is 4.29. The second kappa shape index (κ2) is 5.73.